The molecular formula is C32H37Cl2N3O5S. The first-order valence-corrected chi connectivity index (χ1v) is 16.5. The average molecular weight is 647 g/mol. The summed E-state index contributed by atoms with van der Waals surface area (Å²) in [7, 11) is -2.81. The molecule has 11 heteroatoms. The third-order valence-corrected chi connectivity index (χ3v) is 10.2. The summed E-state index contributed by atoms with van der Waals surface area (Å²) < 4.78 is 34.8. The zero-order valence-corrected chi connectivity index (χ0v) is 26.9. The van der Waals surface area contributed by atoms with Crippen LogP contribution in [0.3, 0.4) is 0 Å². The topological polar surface area (TPSA) is 96.0 Å². The molecule has 0 radical (unpaired) electrons. The van der Waals surface area contributed by atoms with Crippen LogP contribution in [-0.2, 0) is 26.2 Å². The predicted molar refractivity (Wildman–Crippen MR) is 170 cm³/mol. The molecule has 1 aliphatic rings. The summed E-state index contributed by atoms with van der Waals surface area (Å²) in [6.45, 7) is 3.00. The average Bonchev–Trinajstić information content (AvgIpc) is 3.50. The quantitative estimate of drug-likeness (QED) is 0.247. The lowest BCUT2D eigenvalue weighted by Gasteiger charge is -2.34. The van der Waals surface area contributed by atoms with Gasteiger partial charge >= 0.3 is 0 Å². The van der Waals surface area contributed by atoms with Crippen molar-refractivity contribution in [2.75, 3.05) is 18.0 Å². The van der Waals surface area contributed by atoms with Gasteiger partial charge in [-0.25, -0.2) is 8.42 Å². The fraction of sp³-hybridized carbons (Fsp3) is 0.375. The minimum atomic E-state index is -4.24. The van der Waals surface area contributed by atoms with Gasteiger partial charge in [-0.2, -0.15) is 0 Å². The number of amides is 2. The molecule has 1 saturated carbocycles. The molecule has 3 aromatic carbocycles. The number of carbonyl (C=O) groups excluding carboxylic acids is 2. The first-order chi connectivity index (χ1) is 20.6. The maximum atomic E-state index is 14.3. The second-order valence-electron chi connectivity index (χ2n) is 10.6. The maximum Gasteiger partial charge on any atom is 0.264 e. The number of para-hydroxylation sites is 2. The van der Waals surface area contributed by atoms with Gasteiger partial charge in [0.25, 0.3) is 10.0 Å². The fourth-order valence-corrected chi connectivity index (χ4v) is 7.27. The van der Waals surface area contributed by atoms with Crippen molar-refractivity contribution in [1.82, 2.24) is 10.2 Å². The minimum Gasteiger partial charge on any atom is -0.495 e. The number of hydrogen-bond acceptors (Lipinski definition) is 5. The summed E-state index contributed by atoms with van der Waals surface area (Å²) in [6, 6.07) is 17.2. The van der Waals surface area contributed by atoms with E-state index in [0.717, 1.165) is 35.6 Å². The number of hydrogen-bond donors (Lipinski definition) is 1. The van der Waals surface area contributed by atoms with E-state index in [1.807, 2.05) is 13.8 Å². The van der Waals surface area contributed by atoms with Crippen molar-refractivity contribution in [2.24, 2.45) is 0 Å². The number of halogens is 2. The van der Waals surface area contributed by atoms with Gasteiger partial charge in [-0.1, -0.05) is 78.9 Å². The highest BCUT2D eigenvalue weighted by atomic mass is 35.5. The number of carbonyl (C=O) groups is 2. The zero-order valence-electron chi connectivity index (χ0n) is 24.6. The number of anilines is 1. The standard InChI is InChI=1S/C32H37Cl2N3O5S/c1-4-28(32(39)35-23-10-5-6-11-23)36(20-25-26(33)12-9-13-27(25)34)31(38)21-37(29-14-7-8-15-30(29)42-3)43(40,41)24-18-16-22(2)17-19-24/h7-9,12-19,23,28H,4-6,10-11,20-21H2,1-3H3,(H,35,39)/t28-/m0/s1. The first kappa shape index (κ1) is 32.6. The highest BCUT2D eigenvalue weighted by Gasteiger charge is 2.36. The summed E-state index contributed by atoms with van der Waals surface area (Å²) >= 11 is 13.0. The van der Waals surface area contributed by atoms with E-state index in [1.165, 1.54) is 24.1 Å². The number of rotatable bonds is 12. The molecule has 0 heterocycles. The molecule has 0 unspecified atom stereocenters. The Balaban J connectivity index is 1.77. The van der Waals surface area contributed by atoms with Gasteiger partial charge in [0.15, 0.2) is 0 Å². The highest BCUT2D eigenvalue weighted by molar-refractivity contribution is 7.92. The number of benzene rings is 3. The Morgan fingerprint density at radius 3 is 2.21 bits per heavy atom. The van der Waals surface area contributed by atoms with Gasteiger partial charge in [-0.05, 0) is 62.6 Å². The van der Waals surface area contributed by atoms with E-state index >= 15 is 0 Å². The van der Waals surface area contributed by atoms with Crippen LogP contribution in [0.5, 0.6) is 5.75 Å². The molecule has 2 amide bonds. The molecule has 230 valence electrons. The van der Waals surface area contributed by atoms with E-state index in [4.69, 9.17) is 27.9 Å². The molecule has 1 aliphatic carbocycles. The lowest BCUT2D eigenvalue weighted by molar-refractivity contribution is -0.140. The normalized spacial score (nSPS) is 14.3. The van der Waals surface area contributed by atoms with Crippen LogP contribution in [0.15, 0.2) is 71.6 Å². The van der Waals surface area contributed by atoms with E-state index in [2.05, 4.69) is 5.32 Å². The van der Waals surface area contributed by atoms with Crippen molar-refractivity contribution in [2.45, 2.75) is 69.5 Å². The Morgan fingerprint density at radius 1 is 0.977 bits per heavy atom. The van der Waals surface area contributed by atoms with Crippen molar-refractivity contribution in [1.29, 1.82) is 0 Å². The van der Waals surface area contributed by atoms with E-state index in [9.17, 15) is 18.0 Å². The maximum absolute atomic E-state index is 14.3. The summed E-state index contributed by atoms with van der Waals surface area (Å²) in [5.41, 5.74) is 1.55. The van der Waals surface area contributed by atoms with Crippen molar-refractivity contribution in [3.63, 3.8) is 0 Å². The van der Waals surface area contributed by atoms with E-state index in [-0.39, 0.29) is 34.8 Å². The molecule has 0 saturated heterocycles. The van der Waals surface area contributed by atoms with Crippen LogP contribution >= 0.6 is 23.2 Å². The van der Waals surface area contributed by atoms with Crippen LogP contribution < -0.4 is 14.4 Å². The van der Waals surface area contributed by atoms with Crippen LogP contribution in [0, 0.1) is 6.92 Å². The second kappa shape index (κ2) is 14.5. The number of ether oxygens (including phenoxy) is 1. The summed E-state index contributed by atoms with van der Waals surface area (Å²) in [6.07, 6.45) is 4.12. The molecule has 4 rings (SSSR count). The van der Waals surface area contributed by atoms with E-state index in [0.29, 0.717) is 22.0 Å². The molecule has 0 spiro atoms. The predicted octanol–water partition coefficient (Wildman–Crippen LogP) is 6.37. The van der Waals surface area contributed by atoms with Crippen molar-refractivity contribution < 1.29 is 22.7 Å². The molecule has 1 atom stereocenters. The summed E-state index contributed by atoms with van der Waals surface area (Å²) in [4.78, 5) is 29.4. The second-order valence-corrected chi connectivity index (χ2v) is 13.3. The van der Waals surface area contributed by atoms with Crippen molar-refractivity contribution in [3.05, 3.63) is 87.9 Å². The minimum absolute atomic E-state index is 0.0172. The van der Waals surface area contributed by atoms with E-state index < -0.39 is 28.5 Å². The van der Waals surface area contributed by atoms with Crippen LogP contribution in [0.1, 0.15) is 50.2 Å². The molecule has 0 bridgehead atoms. The Morgan fingerprint density at radius 2 is 1.60 bits per heavy atom. The van der Waals surface area contributed by atoms with Crippen LogP contribution in [-0.4, -0.2) is 50.9 Å². The van der Waals surface area contributed by atoms with Gasteiger partial charge < -0.3 is 15.0 Å². The Hall–Kier alpha value is -3.27. The lowest BCUT2D eigenvalue weighted by atomic mass is 10.1. The lowest BCUT2D eigenvalue weighted by Crippen LogP contribution is -2.53. The molecule has 8 nitrogen and oxygen atoms in total. The molecule has 3 aromatic rings. The van der Waals surface area contributed by atoms with Gasteiger partial charge in [0.2, 0.25) is 11.8 Å². The third-order valence-electron chi connectivity index (χ3n) is 7.72. The largest absolute Gasteiger partial charge is 0.495 e. The molecule has 0 aliphatic heterocycles. The summed E-state index contributed by atoms with van der Waals surface area (Å²) in [5, 5.41) is 3.77. The van der Waals surface area contributed by atoms with Gasteiger partial charge in [0.05, 0.1) is 17.7 Å². The van der Waals surface area contributed by atoms with Crippen LogP contribution in [0.4, 0.5) is 5.69 Å². The van der Waals surface area contributed by atoms with Gasteiger partial charge in [0, 0.05) is 28.2 Å². The molecule has 0 aromatic heterocycles. The number of methoxy groups -OCH3 is 1. The monoisotopic (exact) mass is 645 g/mol. The van der Waals surface area contributed by atoms with Crippen molar-refractivity contribution in [3.8, 4) is 5.75 Å². The Bertz CT molecular complexity index is 1520. The van der Waals surface area contributed by atoms with Crippen LogP contribution in [0.2, 0.25) is 10.0 Å². The number of nitrogens with zero attached hydrogens (tertiary/aromatic N) is 2. The first-order valence-electron chi connectivity index (χ1n) is 14.3. The third kappa shape index (κ3) is 7.63. The van der Waals surface area contributed by atoms with Gasteiger partial charge in [-0.3, -0.25) is 13.9 Å². The Kier molecular flexibility index (Phi) is 11.0. The molecule has 1 N–H and O–H groups in total. The van der Waals surface area contributed by atoms with Crippen molar-refractivity contribution >= 4 is 50.7 Å². The SMILES string of the molecule is CC[C@@H](C(=O)NC1CCCC1)N(Cc1c(Cl)cccc1Cl)C(=O)CN(c1ccccc1OC)S(=O)(=O)c1ccc(C)cc1. The number of nitrogens with one attached hydrogen (secondary N) is 1. The number of aryl methyl sites for hydroxylation is 1. The molecule has 1 fully saturated rings. The van der Waals surface area contributed by atoms with E-state index in [1.54, 1.807) is 54.6 Å². The Labute approximate surface area is 264 Å². The molecular weight excluding hydrogens is 609 g/mol. The van der Waals surface area contributed by atoms with Gasteiger partial charge in [0.1, 0.15) is 18.3 Å². The fourth-order valence-electron chi connectivity index (χ4n) is 5.33. The molecule has 43 heavy (non-hydrogen) atoms. The van der Waals surface area contributed by atoms with Gasteiger partial charge in [-0.15, -0.1) is 0 Å². The summed E-state index contributed by atoms with van der Waals surface area (Å²) in [5.74, 6) is -0.611. The smallest absolute Gasteiger partial charge is 0.264 e. The highest BCUT2D eigenvalue weighted by Crippen LogP contribution is 2.33. The number of sulfonamides is 1. The zero-order chi connectivity index (χ0) is 31.1. The van der Waals surface area contributed by atoms with Crippen LogP contribution in [0.25, 0.3) is 0 Å².